The number of para-hydroxylation sites is 1. The van der Waals surface area contributed by atoms with Gasteiger partial charge in [0.25, 0.3) is 0 Å². The fourth-order valence-corrected chi connectivity index (χ4v) is 10.1. The summed E-state index contributed by atoms with van der Waals surface area (Å²) in [7, 11) is -1.94. The van der Waals surface area contributed by atoms with E-state index >= 15 is 0 Å². The van der Waals surface area contributed by atoms with E-state index in [0.717, 1.165) is 16.9 Å². The van der Waals surface area contributed by atoms with E-state index in [1.54, 1.807) is 0 Å². The van der Waals surface area contributed by atoms with Gasteiger partial charge in [-0.15, -0.1) is 0 Å². The van der Waals surface area contributed by atoms with Crippen molar-refractivity contribution in [2.45, 2.75) is 64.8 Å². The molecule has 3 rings (SSSR count). The van der Waals surface area contributed by atoms with Crippen LogP contribution in [0.3, 0.4) is 0 Å². The van der Waals surface area contributed by atoms with Gasteiger partial charge in [-0.2, -0.15) is 5.10 Å². The molecule has 0 amide bonds. The molecular formula is C23H32N2OSi. The minimum absolute atomic E-state index is 0.567. The van der Waals surface area contributed by atoms with Crippen LogP contribution in [0.2, 0.25) is 16.6 Å². The quantitative estimate of drug-likeness (QED) is 0.425. The van der Waals surface area contributed by atoms with Crippen LogP contribution >= 0.6 is 0 Å². The summed E-state index contributed by atoms with van der Waals surface area (Å²) in [5.74, 6) is 0. The molecule has 27 heavy (non-hydrogen) atoms. The molecule has 3 aromatic rings. The number of rotatable bonds is 7. The van der Waals surface area contributed by atoms with E-state index in [9.17, 15) is 0 Å². The first-order valence-electron chi connectivity index (χ1n) is 10.0. The zero-order chi connectivity index (χ0) is 19.6. The molecule has 0 saturated heterocycles. The molecule has 144 valence electrons. The molecule has 0 bridgehead atoms. The van der Waals surface area contributed by atoms with Gasteiger partial charge in [-0.25, -0.2) is 4.68 Å². The van der Waals surface area contributed by atoms with E-state index in [1.807, 2.05) is 12.1 Å². The van der Waals surface area contributed by atoms with Crippen LogP contribution in [-0.4, -0.2) is 18.1 Å². The summed E-state index contributed by atoms with van der Waals surface area (Å²) in [4.78, 5) is 0. The summed E-state index contributed by atoms with van der Waals surface area (Å²) in [6.45, 7) is 14.6. The van der Waals surface area contributed by atoms with Gasteiger partial charge in [0.2, 0.25) is 8.32 Å². The minimum atomic E-state index is -1.94. The second kappa shape index (κ2) is 7.99. The average Bonchev–Trinajstić information content (AvgIpc) is 3.01. The van der Waals surface area contributed by atoms with E-state index in [0.29, 0.717) is 23.2 Å². The van der Waals surface area contributed by atoms with E-state index in [4.69, 9.17) is 9.52 Å². The van der Waals surface area contributed by atoms with Crippen molar-refractivity contribution in [1.29, 1.82) is 0 Å². The van der Waals surface area contributed by atoms with Crippen LogP contribution in [0.15, 0.2) is 54.6 Å². The van der Waals surface area contributed by atoms with Crippen LogP contribution in [0.5, 0.6) is 0 Å². The van der Waals surface area contributed by atoms with Gasteiger partial charge in [0.15, 0.2) is 0 Å². The second-order valence-corrected chi connectivity index (χ2v) is 13.8. The molecule has 0 unspecified atom stereocenters. The van der Waals surface area contributed by atoms with Gasteiger partial charge in [-0.05, 0) is 34.8 Å². The maximum atomic E-state index is 6.91. The lowest BCUT2D eigenvalue weighted by Crippen LogP contribution is -2.47. The van der Waals surface area contributed by atoms with Gasteiger partial charge in [0.1, 0.15) is 0 Å². The van der Waals surface area contributed by atoms with Crippen molar-refractivity contribution in [3.63, 3.8) is 0 Å². The van der Waals surface area contributed by atoms with Crippen molar-refractivity contribution < 1.29 is 4.43 Å². The van der Waals surface area contributed by atoms with Gasteiger partial charge >= 0.3 is 0 Å². The standard InChI is InChI=1S/C23H32N2OSi/c1-17(2)27(18(3)4,19(5)6)26-16-23-21-14-10-11-15-22(21)24-25(23)20-12-8-7-9-13-20/h7-15,17-19H,16H2,1-6H3. The molecule has 3 nitrogen and oxygen atoms in total. The zero-order valence-corrected chi connectivity index (χ0v) is 18.4. The van der Waals surface area contributed by atoms with Crippen molar-refractivity contribution in [2.24, 2.45) is 0 Å². The third-order valence-electron chi connectivity index (χ3n) is 5.85. The number of hydrogen-bond donors (Lipinski definition) is 0. The lowest BCUT2D eigenvalue weighted by Gasteiger charge is -2.42. The van der Waals surface area contributed by atoms with Gasteiger partial charge < -0.3 is 4.43 Å². The molecule has 1 aromatic heterocycles. The number of aromatic nitrogens is 2. The fraction of sp³-hybridized carbons (Fsp3) is 0.435. The largest absolute Gasteiger partial charge is 0.410 e. The normalized spacial score (nSPS) is 12.6. The first-order valence-corrected chi connectivity index (χ1v) is 12.2. The average molecular weight is 381 g/mol. The molecule has 4 heteroatoms. The molecule has 0 aliphatic heterocycles. The SMILES string of the molecule is CC(C)[Si](OCc1c2ccccc2nn1-c1ccccc1)(C(C)C)C(C)C. The molecule has 0 aliphatic rings. The molecule has 0 N–H and O–H groups in total. The summed E-state index contributed by atoms with van der Waals surface area (Å²) in [6, 6.07) is 18.7. The van der Waals surface area contributed by atoms with E-state index in [2.05, 4.69) is 88.7 Å². The topological polar surface area (TPSA) is 27.1 Å². The molecule has 0 spiro atoms. The first kappa shape index (κ1) is 19.8. The van der Waals surface area contributed by atoms with Gasteiger partial charge in [-0.3, -0.25) is 0 Å². The van der Waals surface area contributed by atoms with Crippen LogP contribution < -0.4 is 0 Å². The predicted molar refractivity (Wildman–Crippen MR) is 117 cm³/mol. The maximum absolute atomic E-state index is 6.91. The molecule has 0 fully saturated rings. The van der Waals surface area contributed by atoms with Crippen LogP contribution in [0.4, 0.5) is 0 Å². The lowest BCUT2D eigenvalue weighted by molar-refractivity contribution is 0.260. The monoisotopic (exact) mass is 380 g/mol. The molecular weight excluding hydrogens is 348 g/mol. The number of hydrogen-bond acceptors (Lipinski definition) is 2. The Bertz CT molecular complexity index is 862. The van der Waals surface area contributed by atoms with E-state index in [-0.39, 0.29) is 0 Å². The van der Waals surface area contributed by atoms with Crippen molar-refractivity contribution in [2.75, 3.05) is 0 Å². The predicted octanol–water partition coefficient (Wildman–Crippen LogP) is 6.72. The minimum Gasteiger partial charge on any atom is -0.410 e. The van der Waals surface area contributed by atoms with Gasteiger partial charge in [0, 0.05) is 5.39 Å². The Morgan fingerprint density at radius 3 is 1.96 bits per heavy atom. The molecule has 0 saturated carbocycles. The number of benzene rings is 2. The Morgan fingerprint density at radius 1 is 0.815 bits per heavy atom. The Labute approximate surface area is 164 Å². The zero-order valence-electron chi connectivity index (χ0n) is 17.4. The maximum Gasteiger partial charge on any atom is 0.200 e. The molecule has 0 aliphatic carbocycles. The third-order valence-corrected chi connectivity index (χ3v) is 11.9. The van der Waals surface area contributed by atoms with Crippen molar-refractivity contribution in [3.05, 3.63) is 60.3 Å². The molecule has 0 atom stereocenters. The van der Waals surface area contributed by atoms with Crippen molar-refractivity contribution in [3.8, 4) is 5.69 Å². The highest BCUT2D eigenvalue weighted by atomic mass is 28.4. The Morgan fingerprint density at radius 2 is 1.37 bits per heavy atom. The second-order valence-electron chi connectivity index (χ2n) is 8.32. The Balaban J connectivity index is 2.06. The van der Waals surface area contributed by atoms with E-state index < -0.39 is 8.32 Å². The van der Waals surface area contributed by atoms with Crippen molar-refractivity contribution in [1.82, 2.24) is 9.78 Å². The van der Waals surface area contributed by atoms with Crippen LogP contribution in [0.25, 0.3) is 16.6 Å². The lowest BCUT2D eigenvalue weighted by atomic mass is 10.2. The van der Waals surface area contributed by atoms with Gasteiger partial charge in [0.05, 0.1) is 23.5 Å². The number of fused-ring (bicyclic) bond motifs is 1. The highest BCUT2D eigenvalue weighted by molar-refractivity contribution is 6.77. The summed E-state index contributed by atoms with van der Waals surface area (Å²) < 4.78 is 8.97. The fourth-order valence-electron chi connectivity index (χ4n) is 4.70. The summed E-state index contributed by atoms with van der Waals surface area (Å²) in [5.41, 5.74) is 4.95. The molecule has 2 aromatic carbocycles. The van der Waals surface area contributed by atoms with Crippen LogP contribution in [0, 0.1) is 0 Å². The summed E-state index contributed by atoms with van der Waals surface area (Å²) in [6.07, 6.45) is 0. The summed E-state index contributed by atoms with van der Waals surface area (Å²) >= 11 is 0. The highest BCUT2D eigenvalue weighted by Crippen LogP contribution is 2.43. The van der Waals surface area contributed by atoms with E-state index in [1.165, 1.54) is 5.39 Å². The molecule has 1 heterocycles. The van der Waals surface area contributed by atoms with Crippen LogP contribution in [-0.2, 0) is 11.0 Å². The van der Waals surface area contributed by atoms with Gasteiger partial charge in [-0.1, -0.05) is 77.9 Å². The molecule has 0 radical (unpaired) electrons. The number of nitrogens with zero attached hydrogens (tertiary/aromatic N) is 2. The first-order chi connectivity index (χ1) is 12.9. The Kier molecular flexibility index (Phi) is 5.87. The Hall–Kier alpha value is -1.91. The third kappa shape index (κ3) is 3.61. The summed E-state index contributed by atoms with van der Waals surface area (Å²) in [5, 5.41) is 6.05. The highest BCUT2D eigenvalue weighted by Gasteiger charge is 2.45. The van der Waals surface area contributed by atoms with Crippen molar-refractivity contribution >= 4 is 19.2 Å². The van der Waals surface area contributed by atoms with Crippen LogP contribution in [0.1, 0.15) is 47.2 Å². The smallest absolute Gasteiger partial charge is 0.200 e.